The van der Waals surface area contributed by atoms with Gasteiger partial charge in [0.1, 0.15) is 30.5 Å². The summed E-state index contributed by atoms with van der Waals surface area (Å²) in [6.07, 6.45) is -9.76. The molecule has 0 aromatic carbocycles. The topological polar surface area (TPSA) is 288 Å². The normalized spacial score (nSPS) is 35.5. The lowest BCUT2D eigenvalue weighted by Crippen LogP contribution is -2.36. The molecule has 0 bridgehead atoms. The van der Waals surface area contributed by atoms with Crippen molar-refractivity contribution < 1.29 is 47.7 Å². The molecule has 3 aliphatic rings. The van der Waals surface area contributed by atoms with Crippen LogP contribution in [0.4, 0.5) is 10.3 Å². The lowest BCUT2D eigenvalue weighted by Gasteiger charge is -2.26. The molecule has 2 aliphatic heterocycles. The SMILES string of the molecule is Nc1nc2c(ncn2[C@@H]2O[C@H](CO)[C@@H](O)[C@H]2OP(=O)(O)OC2[C@H]3O[C@@H](n4cnc5c(=O)[nH]cnc54)[C@H](F)[C@@]23O)c(=O)[nH]1. The van der Waals surface area contributed by atoms with Gasteiger partial charge in [-0.15, -0.1) is 0 Å². The molecule has 8 N–H and O–H groups in total. The van der Waals surface area contributed by atoms with Gasteiger partial charge >= 0.3 is 7.82 Å². The van der Waals surface area contributed by atoms with Gasteiger partial charge in [-0.05, 0) is 0 Å². The number of aromatic amines is 2. The first-order chi connectivity index (χ1) is 19.9. The van der Waals surface area contributed by atoms with Crippen LogP contribution in [0.1, 0.15) is 12.5 Å². The van der Waals surface area contributed by atoms with E-state index >= 15 is 4.39 Å². The van der Waals surface area contributed by atoms with Crippen LogP contribution in [0, 0.1) is 0 Å². The van der Waals surface area contributed by atoms with Crippen molar-refractivity contribution in [2.24, 2.45) is 0 Å². The van der Waals surface area contributed by atoms with Gasteiger partial charge in [-0.25, -0.2) is 23.9 Å². The Kier molecular flexibility index (Phi) is 5.94. The summed E-state index contributed by atoms with van der Waals surface area (Å²) in [6, 6.07) is 0. The van der Waals surface area contributed by atoms with Crippen LogP contribution in [-0.4, -0.2) is 108 Å². The number of fused-ring (bicyclic) bond motifs is 3. The van der Waals surface area contributed by atoms with E-state index in [0.29, 0.717) is 0 Å². The van der Waals surface area contributed by atoms with Gasteiger partial charge in [0.15, 0.2) is 46.6 Å². The smallest absolute Gasteiger partial charge is 0.394 e. The molecule has 4 aromatic rings. The molecule has 0 amide bonds. The van der Waals surface area contributed by atoms with Crippen LogP contribution in [0.15, 0.2) is 28.6 Å². The summed E-state index contributed by atoms with van der Waals surface area (Å²) < 4.78 is 52.1. The second kappa shape index (κ2) is 9.17. The molecule has 0 spiro atoms. The Balaban J connectivity index is 1.11. The number of nitrogens with two attached hydrogens (primary N) is 1. The van der Waals surface area contributed by atoms with Crippen LogP contribution in [0.5, 0.6) is 0 Å². The Morgan fingerprint density at radius 2 is 1.79 bits per heavy atom. The molecule has 2 unspecified atom stereocenters. The zero-order chi connectivity index (χ0) is 29.7. The lowest BCUT2D eigenvalue weighted by molar-refractivity contribution is -0.0702. The van der Waals surface area contributed by atoms with Gasteiger partial charge in [-0.2, -0.15) is 4.98 Å². The van der Waals surface area contributed by atoms with E-state index in [4.69, 9.17) is 24.3 Å². The highest BCUT2D eigenvalue weighted by atomic mass is 31.2. The molecule has 1 saturated carbocycles. The van der Waals surface area contributed by atoms with Gasteiger partial charge < -0.3 is 40.4 Å². The highest BCUT2D eigenvalue weighted by molar-refractivity contribution is 7.47. The monoisotopic (exact) mass is 613 g/mol. The second-order valence-electron chi connectivity index (χ2n) is 9.87. The standard InChI is InChI=1S/C20H21FN9O11P/c21-10-18(29-3-25-6-13(29)23-2-24-15(6)33)39-11-12(20(10,11)35)41-42(36,37)40-9-8(32)5(1-31)38-17(9)30-4-26-7-14(30)27-19(22)28-16(7)34/h2-5,8-12,17-18,31-32,35H,1H2,(H,36,37)(H,23,24,33)(H3,22,27,28,34)/t5-,8-,9-,10+,11-,12?,17-,18-,20+/m1/s1. The number of halogens is 1. The minimum atomic E-state index is -5.23. The number of ether oxygens (including phenoxy) is 2. The number of aliphatic hydroxyl groups is 3. The summed E-state index contributed by atoms with van der Waals surface area (Å²) in [7, 11) is -5.23. The van der Waals surface area contributed by atoms with Crippen molar-refractivity contribution >= 4 is 36.1 Å². The number of rotatable bonds is 7. The van der Waals surface area contributed by atoms with Crippen LogP contribution < -0.4 is 16.9 Å². The van der Waals surface area contributed by atoms with Crippen molar-refractivity contribution in [1.82, 2.24) is 39.0 Å². The fraction of sp³-hybridized carbons (Fsp3) is 0.500. The lowest BCUT2D eigenvalue weighted by atomic mass is 10.1. The van der Waals surface area contributed by atoms with Gasteiger partial charge in [-0.3, -0.25) is 32.8 Å². The predicted octanol–water partition coefficient (Wildman–Crippen LogP) is -3.06. The molecule has 7 rings (SSSR count). The van der Waals surface area contributed by atoms with Crippen LogP contribution in [0.25, 0.3) is 22.3 Å². The number of H-pyrrole nitrogens is 2. The number of imidazole rings is 2. The summed E-state index contributed by atoms with van der Waals surface area (Å²) in [5.41, 5.74) is 1.55. The molecule has 20 nitrogen and oxygen atoms in total. The third-order valence-corrected chi connectivity index (χ3v) is 8.42. The number of phosphoric acid groups is 1. The van der Waals surface area contributed by atoms with Gasteiger partial charge in [0.05, 0.1) is 25.6 Å². The van der Waals surface area contributed by atoms with Gasteiger partial charge in [0.2, 0.25) is 5.95 Å². The Hall–Kier alpha value is -3.66. The predicted molar refractivity (Wildman–Crippen MR) is 131 cm³/mol. The average molecular weight is 613 g/mol. The van der Waals surface area contributed by atoms with Crippen LogP contribution >= 0.6 is 7.82 Å². The Bertz CT molecular complexity index is 1880. The molecule has 224 valence electrons. The highest BCUT2D eigenvalue weighted by Crippen LogP contribution is 2.62. The number of phosphoric ester groups is 1. The first-order valence-electron chi connectivity index (χ1n) is 12.2. The van der Waals surface area contributed by atoms with E-state index in [2.05, 4.69) is 29.9 Å². The Labute approximate surface area is 230 Å². The fourth-order valence-electron chi connectivity index (χ4n) is 5.33. The maximum absolute atomic E-state index is 15.5. The van der Waals surface area contributed by atoms with E-state index in [1.54, 1.807) is 0 Å². The number of alkyl halides is 1. The number of hydrogen-bond acceptors (Lipinski definition) is 15. The summed E-state index contributed by atoms with van der Waals surface area (Å²) in [4.78, 5) is 54.9. The second-order valence-corrected chi connectivity index (χ2v) is 11.2. The van der Waals surface area contributed by atoms with E-state index in [9.17, 15) is 34.4 Å². The van der Waals surface area contributed by atoms with Crippen LogP contribution in [0.2, 0.25) is 0 Å². The first-order valence-corrected chi connectivity index (χ1v) is 13.7. The number of nitrogens with zero attached hydrogens (tertiary/aromatic N) is 6. The molecule has 4 aromatic heterocycles. The molecule has 3 fully saturated rings. The zero-order valence-electron chi connectivity index (χ0n) is 20.8. The summed E-state index contributed by atoms with van der Waals surface area (Å²) in [6.45, 7) is -0.732. The summed E-state index contributed by atoms with van der Waals surface area (Å²) in [5.74, 6) is -0.279. The maximum atomic E-state index is 15.5. The number of nitrogen functional groups attached to an aromatic ring is 1. The number of aliphatic hydroxyl groups excluding tert-OH is 2. The molecule has 0 radical (unpaired) electrons. The largest absolute Gasteiger partial charge is 0.473 e. The van der Waals surface area contributed by atoms with Crippen LogP contribution in [0.3, 0.4) is 0 Å². The van der Waals surface area contributed by atoms with E-state index in [1.807, 2.05) is 0 Å². The molecular formula is C20H21FN9O11P. The third-order valence-electron chi connectivity index (χ3n) is 7.41. The van der Waals surface area contributed by atoms with Crippen molar-refractivity contribution in [3.8, 4) is 0 Å². The van der Waals surface area contributed by atoms with E-state index in [-0.39, 0.29) is 28.3 Å². The van der Waals surface area contributed by atoms with Crippen molar-refractivity contribution in [1.29, 1.82) is 0 Å². The zero-order valence-corrected chi connectivity index (χ0v) is 21.7. The van der Waals surface area contributed by atoms with Crippen LogP contribution in [-0.2, 0) is 23.1 Å². The Morgan fingerprint density at radius 3 is 2.45 bits per heavy atom. The Morgan fingerprint density at radius 1 is 1.10 bits per heavy atom. The molecule has 10 atom stereocenters. The summed E-state index contributed by atoms with van der Waals surface area (Å²) in [5, 5.41) is 31.3. The highest BCUT2D eigenvalue weighted by Gasteiger charge is 2.80. The quantitative estimate of drug-likeness (QED) is 0.102. The van der Waals surface area contributed by atoms with Crippen molar-refractivity contribution in [2.45, 2.75) is 54.7 Å². The first kappa shape index (κ1) is 27.2. The van der Waals surface area contributed by atoms with E-state index < -0.39 is 80.3 Å². The van der Waals surface area contributed by atoms with E-state index in [0.717, 1.165) is 28.1 Å². The van der Waals surface area contributed by atoms with E-state index in [1.165, 1.54) is 0 Å². The van der Waals surface area contributed by atoms with Crippen molar-refractivity contribution in [2.75, 3.05) is 12.3 Å². The molecule has 42 heavy (non-hydrogen) atoms. The molecule has 2 saturated heterocycles. The molecule has 22 heteroatoms. The summed E-state index contributed by atoms with van der Waals surface area (Å²) >= 11 is 0. The number of anilines is 1. The molecule has 1 aliphatic carbocycles. The minimum Gasteiger partial charge on any atom is -0.394 e. The third kappa shape index (κ3) is 3.87. The number of nitrogens with one attached hydrogen (secondary N) is 2. The minimum absolute atomic E-state index is 0.0186. The fourth-order valence-corrected chi connectivity index (χ4v) is 6.48. The van der Waals surface area contributed by atoms with Gasteiger partial charge in [-0.1, -0.05) is 0 Å². The molecular weight excluding hydrogens is 592 g/mol. The average Bonchev–Trinajstić information content (AvgIpc) is 3.45. The maximum Gasteiger partial charge on any atom is 0.473 e. The molecule has 6 heterocycles. The van der Waals surface area contributed by atoms with Gasteiger partial charge in [0, 0.05) is 0 Å². The van der Waals surface area contributed by atoms with Crippen molar-refractivity contribution in [3.05, 3.63) is 39.7 Å². The number of hydrogen-bond donors (Lipinski definition) is 7. The van der Waals surface area contributed by atoms with Crippen molar-refractivity contribution in [3.63, 3.8) is 0 Å². The number of aromatic nitrogens is 8. The van der Waals surface area contributed by atoms with Gasteiger partial charge in [0.25, 0.3) is 11.1 Å².